The number of nitrogens with zero attached hydrogens (tertiary/aromatic N) is 3. The zero-order valence-electron chi connectivity index (χ0n) is 14.9. The highest BCUT2D eigenvalue weighted by atomic mass is 32.2. The molecule has 0 saturated heterocycles. The average molecular weight is 375 g/mol. The van der Waals surface area contributed by atoms with Crippen molar-refractivity contribution < 1.29 is 4.79 Å². The van der Waals surface area contributed by atoms with Crippen LogP contribution in [-0.2, 0) is 4.79 Å². The molecule has 25 heavy (non-hydrogen) atoms. The Balaban J connectivity index is 1.89. The second kappa shape index (κ2) is 5.99. The Labute approximate surface area is 155 Å². The molecular weight excluding hydrogens is 352 g/mol. The molecule has 0 fully saturated rings. The number of hydrogen-bond donors (Lipinski definition) is 1. The number of allylic oxidation sites excluding steroid dienone is 2. The van der Waals surface area contributed by atoms with Crippen LogP contribution in [0.4, 0.5) is 5.95 Å². The van der Waals surface area contributed by atoms with Gasteiger partial charge in [-0.3, -0.25) is 4.79 Å². The topological polar surface area (TPSA) is 59.8 Å². The van der Waals surface area contributed by atoms with E-state index in [4.69, 9.17) is 5.10 Å². The highest BCUT2D eigenvalue weighted by Gasteiger charge is 2.42. The first-order valence-electron chi connectivity index (χ1n) is 8.56. The zero-order chi connectivity index (χ0) is 17.8. The quantitative estimate of drug-likeness (QED) is 0.806. The summed E-state index contributed by atoms with van der Waals surface area (Å²) in [6.45, 7) is 8.50. The van der Waals surface area contributed by atoms with Gasteiger partial charge in [0.2, 0.25) is 11.1 Å². The van der Waals surface area contributed by atoms with E-state index in [0.717, 1.165) is 34.5 Å². The van der Waals surface area contributed by atoms with E-state index in [2.05, 4.69) is 49.4 Å². The summed E-state index contributed by atoms with van der Waals surface area (Å²) in [5.41, 5.74) is 3.07. The van der Waals surface area contributed by atoms with Gasteiger partial charge in [-0.15, -0.1) is 16.4 Å². The molecule has 1 unspecified atom stereocenters. The number of thioether (sulfide) groups is 1. The number of hydrogen-bond acceptors (Lipinski definition) is 6. The van der Waals surface area contributed by atoms with E-state index in [9.17, 15) is 4.79 Å². The van der Waals surface area contributed by atoms with Gasteiger partial charge in [-0.25, -0.2) is 4.68 Å². The van der Waals surface area contributed by atoms with Crippen molar-refractivity contribution in [2.45, 2.75) is 51.7 Å². The summed E-state index contributed by atoms with van der Waals surface area (Å²) >= 11 is 3.31. The molecule has 5 nitrogen and oxygen atoms in total. The van der Waals surface area contributed by atoms with Crippen molar-refractivity contribution in [3.05, 3.63) is 33.2 Å². The fourth-order valence-corrected chi connectivity index (χ4v) is 5.26. The molecule has 0 bridgehead atoms. The van der Waals surface area contributed by atoms with Gasteiger partial charge < -0.3 is 5.32 Å². The molecule has 1 aliphatic carbocycles. The minimum absolute atomic E-state index is 0.0266. The lowest BCUT2D eigenvalue weighted by Crippen LogP contribution is -2.36. The fraction of sp³-hybridized carbons (Fsp3) is 0.500. The van der Waals surface area contributed by atoms with E-state index in [0.29, 0.717) is 6.42 Å². The SMILES string of the molecule is CCSc1nc2n(n1)C(c1sccc1C)C1=C(CC(C)(C)CC1=O)N2. The van der Waals surface area contributed by atoms with E-state index in [-0.39, 0.29) is 17.2 Å². The molecule has 0 saturated carbocycles. The van der Waals surface area contributed by atoms with Crippen LogP contribution >= 0.6 is 23.1 Å². The van der Waals surface area contributed by atoms with Crippen LogP contribution in [0.25, 0.3) is 0 Å². The smallest absolute Gasteiger partial charge is 0.227 e. The predicted octanol–water partition coefficient (Wildman–Crippen LogP) is 4.42. The molecule has 4 rings (SSSR count). The minimum atomic E-state index is -0.159. The molecule has 0 radical (unpaired) electrons. The largest absolute Gasteiger partial charge is 0.328 e. The van der Waals surface area contributed by atoms with Crippen molar-refractivity contribution in [2.24, 2.45) is 5.41 Å². The number of aryl methyl sites for hydroxylation is 1. The summed E-state index contributed by atoms with van der Waals surface area (Å²) in [4.78, 5) is 18.9. The number of nitrogens with one attached hydrogen (secondary N) is 1. The van der Waals surface area contributed by atoms with E-state index in [1.807, 2.05) is 4.68 Å². The van der Waals surface area contributed by atoms with Gasteiger partial charge in [0.1, 0.15) is 6.04 Å². The Morgan fingerprint density at radius 2 is 2.24 bits per heavy atom. The summed E-state index contributed by atoms with van der Waals surface area (Å²) in [6.07, 6.45) is 1.44. The molecule has 1 aliphatic heterocycles. The molecule has 2 aromatic heterocycles. The van der Waals surface area contributed by atoms with Crippen LogP contribution < -0.4 is 5.32 Å². The second-order valence-corrected chi connectivity index (χ2v) is 9.60. The van der Waals surface area contributed by atoms with Crippen LogP contribution in [0.3, 0.4) is 0 Å². The minimum Gasteiger partial charge on any atom is -0.328 e. The lowest BCUT2D eigenvalue weighted by molar-refractivity contribution is -0.118. The van der Waals surface area contributed by atoms with E-state index in [1.54, 1.807) is 23.1 Å². The van der Waals surface area contributed by atoms with E-state index < -0.39 is 0 Å². The Bertz CT molecular complexity index is 878. The zero-order valence-corrected chi connectivity index (χ0v) is 16.6. The van der Waals surface area contributed by atoms with Crippen molar-refractivity contribution in [1.29, 1.82) is 0 Å². The second-order valence-electron chi connectivity index (χ2n) is 7.42. The van der Waals surface area contributed by atoms with E-state index >= 15 is 0 Å². The van der Waals surface area contributed by atoms with E-state index in [1.165, 1.54) is 10.4 Å². The molecule has 3 heterocycles. The van der Waals surface area contributed by atoms with Gasteiger partial charge >= 0.3 is 0 Å². The number of thiophene rings is 1. The fourth-order valence-electron chi connectivity index (χ4n) is 3.69. The summed E-state index contributed by atoms with van der Waals surface area (Å²) in [5, 5.41) is 11.0. The lowest BCUT2D eigenvalue weighted by atomic mass is 9.73. The molecular formula is C18H22N4OS2. The standard InChI is InChI=1S/C18H22N4OS2/c1-5-24-17-20-16-19-11-8-18(3,4)9-12(23)13(11)14(22(16)21-17)15-10(2)6-7-25-15/h6-7,14H,5,8-9H2,1-4H3,(H,19,20,21). The monoisotopic (exact) mass is 374 g/mol. The van der Waals surface area contributed by atoms with Gasteiger partial charge in [0.15, 0.2) is 5.78 Å². The Hall–Kier alpha value is -1.60. The van der Waals surface area contributed by atoms with Crippen LogP contribution in [0.2, 0.25) is 0 Å². The van der Waals surface area contributed by atoms with Crippen LogP contribution in [-0.4, -0.2) is 26.3 Å². The van der Waals surface area contributed by atoms with Crippen molar-refractivity contribution in [2.75, 3.05) is 11.1 Å². The number of Topliss-reactive ketones (excluding diaryl/α,β-unsaturated/α-hetero) is 1. The number of rotatable bonds is 3. The first kappa shape index (κ1) is 16.8. The normalized spacial score (nSPS) is 21.8. The average Bonchev–Trinajstić information content (AvgIpc) is 3.10. The Morgan fingerprint density at radius 1 is 1.44 bits per heavy atom. The van der Waals surface area contributed by atoms with Gasteiger partial charge in [0, 0.05) is 22.6 Å². The molecule has 1 atom stereocenters. The Kier molecular flexibility index (Phi) is 4.03. The molecule has 2 aliphatic rings. The maximum atomic E-state index is 13.0. The van der Waals surface area contributed by atoms with Gasteiger partial charge in [-0.1, -0.05) is 32.5 Å². The highest BCUT2D eigenvalue weighted by molar-refractivity contribution is 7.99. The molecule has 132 valence electrons. The molecule has 2 aromatic rings. The number of ketones is 1. The van der Waals surface area contributed by atoms with Crippen molar-refractivity contribution in [1.82, 2.24) is 14.8 Å². The summed E-state index contributed by atoms with van der Waals surface area (Å²) in [5.74, 6) is 1.89. The summed E-state index contributed by atoms with van der Waals surface area (Å²) < 4.78 is 1.91. The van der Waals surface area contributed by atoms with Crippen molar-refractivity contribution in [3.63, 3.8) is 0 Å². The maximum absolute atomic E-state index is 13.0. The van der Waals surface area contributed by atoms with Crippen molar-refractivity contribution >= 4 is 34.8 Å². The number of anilines is 1. The van der Waals surface area contributed by atoms with Gasteiger partial charge in [0.05, 0.1) is 0 Å². The third-order valence-electron chi connectivity index (χ3n) is 4.74. The third-order valence-corrected chi connectivity index (χ3v) is 6.53. The highest BCUT2D eigenvalue weighted by Crippen LogP contribution is 2.47. The van der Waals surface area contributed by atoms with Crippen LogP contribution in [0.5, 0.6) is 0 Å². The van der Waals surface area contributed by atoms with Gasteiger partial charge in [-0.2, -0.15) is 4.98 Å². The van der Waals surface area contributed by atoms with Crippen LogP contribution in [0, 0.1) is 12.3 Å². The van der Waals surface area contributed by atoms with Gasteiger partial charge in [-0.05, 0) is 41.5 Å². The molecule has 7 heteroatoms. The number of aromatic nitrogens is 3. The first-order chi connectivity index (χ1) is 11.9. The predicted molar refractivity (Wildman–Crippen MR) is 102 cm³/mol. The van der Waals surface area contributed by atoms with Crippen LogP contribution in [0.1, 0.15) is 50.1 Å². The maximum Gasteiger partial charge on any atom is 0.227 e. The number of carbonyl (C=O) groups excluding carboxylic acids is 1. The molecule has 1 N–H and O–H groups in total. The lowest BCUT2D eigenvalue weighted by Gasteiger charge is -2.38. The molecule has 0 aromatic carbocycles. The summed E-state index contributed by atoms with van der Waals surface area (Å²) in [7, 11) is 0. The molecule has 0 amide bonds. The van der Waals surface area contributed by atoms with Crippen molar-refractivity contribution in [3.8, 4) is 0 Å². The molecule has 0 spiro atoms. The summed E-state index contributed by atoms with van der Waals surface area (Å²) in [6, 6.07) is 1.95. The first-order valence-corrected chi connectivity index (χ1v) is 10.4. The Morgan fingerprint density at radius 3 is 2.92 bits per heavy atom. The van der Waals surface area contributed by atoms with Gasteiger partial charge in [0.25, 0.3) is 0 Å². The van der Waals surface area contributed by atoms with Crippen LogP contribution in [0.15, 0.2) is 27.9 Å². The number of fused-ring (bicyclic) bond motifs is 1. The third kappa shape index (κ3) is 2.83. The number of carbonyl (C=O) groups is 1.